The van der Waals surface area contributed by atoms with E-state index in [0.717, 1.165) is 22.5 Å². The Morgan fingerprint density at radius 2 is 1.39 bits per heavy atom. The molecule has 2 N–H and O–H groups in total. The molecule has 0 saturated carbocycles. The Labute approximate surface area is 194 Å². The molecule has 0 atom stereocenters. The van der Waals surface area contributed by atoms with E-state index >= 15 is 0 Å². The highest BCUT2D eigenvalue weighted by Crippen LogP contribution is 2.26. The van der Waals surface area contributed by atoms with Crippen LogP contribution in [0.2, 0.25) is 0 Å². The van der Waals surface area contributed by atoms with Gasteiger partial charge in [-0.2, -0.15) is 0 Å². The standard InChI is InChI=1S/C25H20N2O5S/c28-23(27-25-26-14-22(33-25)24(29)30)19-11-20(31-15-17-7-3-1-4-8-17)13-21(12-19)32-16-18-9-5-2-6-10-18/h1-14H,15-16H2,(H,29,30)(H,26,27,28). The lowest BCUT2D eigenvalue weighted by Crippen LogP contribution is -2.12. The number of carbonyl (C=O) groups excluding carboxylic acids is 1. The molecule has 0 aliphatic carbocycles. The molecule has 0 saturated heterocycles. The van der Waals surface area contributed by atoms with Crippen molar-refractivity contribution < 1.29 is 24.2 Å². The monoisotopic (exact) mass is 460 g/mol. The molecule has 0 unspecified atom stereocenters. The topological polar surface area (TPSA) is 97.8 Å². The van der Waals surface area contributed by atoms with Gasteiger partial charge in [0.25, 0.3) is 5.91 Å². The molecule has 4 aromatic rings. The quantitative estimate of drug-likeness (QED) is 0.354. The maximum absolute atomic E-state index is 12.8. The smallest absolute Gasteiger partial charge is 0.347 e. The van der Waals surface area contributed by atoms with Crippen LogP contribution >= 0.6 is 11.3 Å². The number of hydrogen-bond donors (Lipinski definition) is 2. The van der Waals surface area contributed by atoms with Crippen molar-refractivity contribution in [2.24, 2.45) is 0 Å². The number of benzene rings is 3. The Kier molecular flexibility index (Phi) is 6.96. The van der Waals surface area contributed by atoms with E-state index in [1.807, 2.05) is 60.7 Å². The van der Waals surface area contributed by atoms with Gasteiger partial charge in [0.15, 0.2) is 5.13 Å². The zero-order valence-electron chi connectivity index (χ0n) is 17.4. The van der Waals surface area contributed by atoms with Crippen molar-refractivity contribution in [2.45, 2.75) is 13.2 Å². The molecular formula is C25H20N2O5S. The number of carboxylic acids is 1. The molecule has 1 aromatic heterocycles. The molecule has 33 heavy (non-hydrogen) atoms. The SMILES string of the molecule is O=C(Nc1ncc(C(=O)O)s1)c1cc(OCc2ccccc2)cc(OCc2ccccc2)c1. The molecule has 0 spiro atoms. The van der Waals surface area contributed by atoms with E-state index in [1.54, 1.807) is 18.2 Å². The van der Waals surface area contributed by atoms with Crippen molar-refractivity contribution in [1.29, 1.82) is 0 Å². The van der Waals surface area contributed by atoms with Crippen LogP contribution in [-0.2, 0) is 13.2 Å². The van der Waals surface area contributed by atoms with E-state index in [9.17, 15) is 9.59 Å². The van der Waals surface area contributed by atoms with Crippen LogP contribution in [0.3, 0.4) is 0 Å². The normalized spacial score (nSPS) is 10.4. The van der Waals surface area contributed by atoms with E-state index in [0.29, 0.717) is 30.3 Å². The predicted molar refractivity (Wildman–Crippen MR) is 125 cm³/mol. The summed E-state index contributed by atoms with van der Waals surface area (Å²) in [4.78, 5) is 27.9. The molecule has 166 valence electrons. The van der Waals surface area contributed by atoms with E-state index in [2.05, 4.69) is 10.3 Å². The van der Waals surface area contributed by atoms with Gasteiger partial charge in [0.2, 0.25) is 0 Å². The fraction of sp³-hybridized carbons (Fsp3) is 0.0800. The summed E-state index contributed by atoms with van der Waals surface area (Å²) in [5.41, 5.74) is 2.28. The van der Waals surface area contributed by atoms with Crippen LogP contribution in [-0.4, -0.2) is 22.0 Å². The summed E-state index contributed by atoms with van der Waals surface area (Å²) >= 11 is 0.882. The largest absolute Gasteiger partial charge is 0.489 e. The number of aromatic carboxylic acids is 1. The Bertz CT molecular complexity index is 1180. The van der Waals surface area contributed by atoms with Crippen molar-refractivity contribution in [3.05, 3.63) is 107 Å². The summed E-state index contributed by atoms with van der Waals surface area (Å²) in [7, 11) is 0. The number of aromatic nitrogens is 1. The molecule has 1 amide bonds. The number of anilines is 1. The molecule has 0 radical (unpaired) electrons. The van der Waals surface area contributed by atoms with Crippen molar-refractivity contribution >= 4 is 28.3 Å². The molecule has 4 rings (SSSR count). The minimum absolute atomic E-state index is 0.0390. The van der Waals surface area contributed by atoms with Crippen LogP contribution < -0.4 is 14.8 Å². The van der Waals surface area contributed by atoms with Crippen LogP contribution in [0.25, 0.3) is 0 Å². The van der Waals surface area contributed by atoms with Gasteiger partial charge in [-0.25, -0.2) is 9.78 Å². The minimum atomic E-state index is -1.10. The first-order valence-corrected chi connectivity index (χ1v) is 10.9. The minimum Gasteiger partial charge on any atom is -0.489 e. The van der Waals surface area contributed by atoms with E-state index in [4.69, 9.17) is 14.6 Å². The number of rotatable bonds is 9. The lowest BCUT2D eigenvalue weighted by Gasteiger charge is -2.12. The highest BCUT2D eigenvalue weighted by atomic mass is 32.1. The summed E-state index contributed by atoms with van der Waals surface area (Å²) in [6, 6.07) is 24.3. The van der Waals surface area contributed by atoms with Crippen LogP contribution in [0.15, 0.2) is 85.1 Å². The van der Waals surface area contributed by atoms with Gasteiger partial charge in [-0.1, -0.05) is 72.0 Å². The number of carboxylic acid groups (broad SMARTS) is 1. The van der Waals surface area contributed by atoms with Crippen molar-refractivity contribution in [3.8, 4) is 11.5 Å². The van der Waals surface area contributed by atoms with Crippen LogP contribution in [0.4, 0.5) is 5.13 Å². The summed E-state index contributed by atoms with van der Waals surface area (Å²) in [5, 5.41) is 11.9. The first-order chi connectivity index (χ1) is 16.1. The van der Waals surface area contributed by atoms with Crippen molar-refractivity contribution in [2.75, 3.05) is 5.32 Å². The van der Waals surface area contributed by atoms with Gasteiger partial charge in [0.05, 0.1) is 6.20 Å². The van der Waals surface area contributed by atoms with Crippen molar-refractivity contribution in [3.63, 3.8) is 0 Å². The van der Waals surface area contributed by atoms with Gasteiger partial charge in [0.1, 0.15) is 29.6 Å². The first kappa shape index (κ1) is 22.0. The highest BCUT2D eigenvalue weighted by molar-refractivity contribution is 7.17. The van der Waals surface area contributed by atoms with Crippen LogP contribution in [0, 0.1) is 0 Å². The third kappa shape index (κ3) is 6.18. The second-order valence-electron chi connectivity index (χ2n) is 7.03. The van der Waals surface area contributed by atoms with Crippen LogP contribution in [0.1, 0.15) is 31.2 Å². The second-order valence-corrected chi connectivity index (χ2v) is 8.06. The molecule has 7 nitrogen and oxygen atoms in total. The number of ether oxygens (including phenoxy) is 2. The average molecular weight is 461 g/mol. The molecule has 0 aliphatic heterocycles. The van der Waals surface area contributed by atoms with Gasteiger partial charge < -0.3 is 14.6 Å². The fourth-order valence-electron chi connectivity index (χ4n) is 2.95. The summed E-state index contributed by atoms with van der Waals surface area (Å²) in [5.74, 6) is -0.600. The second kappa shape index (κ2) is 10.4. The maximum atomic E-state index is 12.8. The van der Waals surface area contributed by atoms with Crippen LogP contribution in [0.5, 0.6) is 11.5 Å². The maximum Gasteiger partial charge on any atom is 0.347 e. The molecule has 8 heteroatoms. The molecule has 0 bridgehead atoms. The molecule has 0 aliphatic rings. The van der Waals surface area contributed by atoms with Gasteiger partial charge in [-0.15, -0.1) is 0 Å². The Hall–Kier alpha value is -4.17. The van der Waals surface area contributed by atoms with Gasteiger partial charge in [0, 0.05) is 11.6 Å². The number of nitrogens with one attached hydrogen (secondary N) is 1. The molecule has 0 fully saturated rings. The van der Waals surface area contributed by atoms with Gasteiger partial charge >= 0.3 is 5.97 Å². The number of thiazole rings is 1. The Balaban J connectivity index is 1.53. The highest BCUT2D eigenvalue weighted by Gasteiger charge is 2.15. The molecular weight excluding hydrogens is 440 g/mol. The number of nitrogens with zero attached hydrogens (tertiary/aromatic N) is 1. The number of amides is 1. The Morgan fingerprint density at radius 1 is 0.848 bits per heavy atom. The summed E-state index contributed by atoms with van der Waals surface area (Å²) in [6.07, 6.45) is 1.20. The van der Waals surface area contributed by atoms with E-state index in [1.165, 1.54) is 6.20 Å². The first-order valence-electron chi connectivity index (χ1n) is 10.1. The van der Waals surface area contributed by atoms with E-state index in [-0.39, 0.29) is 10.0 Å². The fourth-order valence-corrected chi connectivity index (χ4v) is 3.60. The summed E-state index contributed by atoms with van der Waals surface area (Å²) < 4.78 is 11.8. The number of carbonyl (C=O) groups is 2. The predicted octanol–water partition coefficient (Wildman–Crippen LogP) is 5.25. The van der Waals surface area contributed by atoms with E-state index < -0.39 is 11.9 Å². The lowest BCUT2D eigenvalue weighted by atomic mass is 10.2. The third-order valence-corrected chi connectivity index (χ3v) is 5.48. The zero-order valence-corrected chi connectivity index (χ0v) is 18.2. The number of hydrogen-bond acceptors (Lipinski definition) is 6. The molecule has 1 heterocycles. The molecule has 3 aromatic carbocycles. The third-order valence-electron chi connectivity index (χ3n) is 4.58. The van der Waals surface area contributed by atoms with Crippen molar-refractivity contribution in [1.82, 2.24) is 4.98 Å². The average Bonchev–Trinajstić information content (AvgIpc) is 3.31. The van der Waals surface area contributed by atoms with Gasteiger partial charge in [-0.05, 0) is 23.3 Å². The lowest BCUT2D eigenvalue weighted by molar-refractivity contribution is 0.0701. The zero-order chi connectivity index (χ0) is 23.0. The van der Waals surface area contributed by atoms with Gasteiger partial charge in [-0.3, -0.25) is 10.1 Å². The summed E-state index contributed by atoms with van der Waals surface area (Å²) in [6.45, 7) is 0.664. The Morgan fingerprint density at radius 3 is 1.88 bits per heavy atom.